The Balaban J connectivity index is 1.78. The van der Waals surface area contributed by atoms with Gasteiger partial charge in [0.15, 0.2) is 5.82 Å². The van der Waals surface area contributed by atoms with Crippen molar-refractivity contribution < 1.29 is 4.42 Å². The van der Waals surface area contributed by atoms with Crippen molar-refractivity contribution in [2.75, 3.05) is 6.54 Å². The number of rotatable bonds is 3. The van der Waals surface area contributed by atoms with E-state index in [1.54, 1.807) is 0 Å². The van der Waals surface area contributed by atoms with Crippen LogP contribution in [0.25, 0.3) is 0 Å². The molecule has 0 aliphatic carbocycles. The molecule has 3 rings (SSSR count). The zero-order valence-electron chi connectivity index (χ0n) is 12.3. The summed E-state index contributed by atoms with van der Waals surface area (Å²) in [5, 5.41) is 7.26. The molecule has 0 spiro atoms. The van der Waals surface area contributed by atoms with Crippen LogP contribution in [0.2, 0.25) is 0 Å². The van der Waals surface area contributed by atoms with E-state index < -0.39 is 0 Å². The summed E-state index contributed by atoms with van der Waals surface area (Å²) in [6.45, 7) is 7.64. The molecule has 20 heavy (non-hydrogen) atoms. The summed E-state index contributed by atoms with van der Waals surface area (Å²) >= 11 is 0. The molecule has 6 nitrogen and oxygen atoms in total. The molecule has 1 atom stereocenters. The molecule has 3 heterocycles. The van der Waals surface area contributed by atoms with E-state index in [1.165, 1.54) is 12.8 Å². The van der Waals surface area contributed by atoms with Gasteiger partial charge in [-0.3, -0.25) is 10.00 Å². The monoisotopic (exact) mass is 275 g/mol. The molecule has 0 radical (unpaired) electrons. The van der Waals surface area contributed by atoms with E-state index >= 15 is 0 Å². The van der Waals surface area contributed by atoms with Crippen LogP contribution in [0.4, 0.5) is 0 Å². The average molecular weight is 275 g/mol. The van der Waals surface area contributed by atoms with E-state index in [0.29, 0.717) is 0 Å². The summed E-state index contributed by atoms with van der Waals surface area (Å²) in [6, 6.07) is 0.265. The predicted molar refractivity (Wildman–Crippen MR) is 74.1 cm³/mol. The number of hydrogen-bond donors (Lipinski definition) is 1. The normalized spacial score (nSPS) is 20.4. The summed E-state index contributed by atoms with van der Waals surface area (Å²) in [7, 11) is 0. The highest BCUT2D eigenvalue weighted by molar-refractivity contribution is 5.06. The van der Waals surface area contributed by atoms with Crippen molar-refractivity contribution in [1.82, 2.24) is 25.1 Å². The average Bonchev–Trinajstić information content (AvgIpc) is 2.97. The SMILES string of the molecule is Cc1nc([C@H]2CCCCN2Cc2nc(C)c(C)o2)n[nH]1. The molecule has 1 aliphatic heterocycles. The van der Waals surface area contributed by atoms with Crippen molar-refractivity contribution in [3.8, 4) is 0 Å². The first kappa shape index (κ1) is 13.3. The van der Waals surface area contributed by atoms with E-state index in [9.17, 15) is 0 Å². The first-order valence-corrected chi connectivity index (χ1v) is 7.19. The van der Waals surface area contributed by atoms with Gasteiger partial charge >= 0.3 is 0 Å². The fourth-order valence-corrected chi connectivity index (χ4v) is 2.76. The van der Waals surface area contributed by atoms with Crippen LogP contribution in [0.5, 0.6) is 0 Å². The van der Waals surface area contributed by atoms with Gasteiger partial charge in [0.25, 0.3) is 0 Å². The maximum Gasteiger partial charge on any atom is 0.208 e. The number of aryl methyl sites for hydroxylation is 3. The van der Waals surface area contributed by atoms with Gasteiger partial charge in [-0.1, -0.05) is 6.42 Å². The molecular formula is C14H21N5O. The molecule has 1 saturated heterocycles. The molecule has 1 N–H and O–H groups in total. The number of nitrogens with one attached hydrogen (secondary N) is 1. The molecule has 0 unspecified atom stereocenters. The zero-order valence-corrected chi connectivity index (χ0v) is 12.3. The van der Waals surface area contributed by atoms with E-state index in [0.717, 1.165) is 48.5 Å². The molecular weight excluding hydrogens is 254 g/mol. The molecule has 0 amide bonds. The third-order valence-corrected chi connectivity index (χ3v) is 3.94. The Bertz CT molecular complexity index is 569. The molecule has 2 aromatic heterocycles. The topological polar surface area (TPSA) is 70.8 Å². The van der Waals surface area contributed by atoms with Crippen LogP contribution in [-0.2, 0) is 6.54 Å². The van der Waals surface area contributed by atoms with Gasteiger partial charge in [0.1, 0.15) is 11.6 Å². The molecule has 108 valence electrons. The third-order valence-electron chi connectivity index (χ3n) is 3.94. The van der Waals surface area contributed by atoms with Gasteiger partial charge in [-0.15, -0.1) is 0 Å². The molecule has 0 saturated carbocycles. The molecule has 6 heteroatoms. The summed E-state index contributed by atoms with van der Waals surface area (Å²) in [6.07, 6.45) is 3.52. The number of H-pyrrole nitrogens is 1. The minimum absolute atomic E-state index is 0.265. The lowest BCUT2D eigenvalue weighted by atomic mass is 10.0. The van der Waals surface area contributed by atoms with Gasteiger partial charge in [-0.2, -0.15) is 5.10 Å². The lowest BCUT2D eigenvalue weighted by molar-refractivity contribution is 0.121. The second-order valence-corrected chi connectivity index (χ2v) is 5.51. The van der Waals surface area contributed by atoms with Crippen molar-refractivity contribution in [2.45, 2.75) is 52.6 Å². The Morgan fingerprint density at radius 3 is 2.75 bits per heavy atom. The fourth-order valence-electron chi connectivity index (χ4n) is 2.76. The van der Waals surface area contributed by atoms with Crippen molar-refractivity contribution in [3.63, 3.8) is 0 Å². The number of likely N-dealkylation sites (tertiary alicyclic amines) is 1. The predicted octanol–water partition coefficient (Wildman–Crippen LogP) is 2.45. The van der Waals surface area contributed by atoms with Crippen LogP contribution in [-0.4, -0.2) is 31.6 Å². The number of aromatic amines is 1. The van der Waals surface area contributed by atoms with Gasteiger partial charge in [0, 0.05) is 0 Å². The zero-order chi connectivity index (χ0) is 14.1. The van der Waals surface area contributed by atoms with Gasteiger partial charge in [-0.05, 0) is 40.2 Å². The van der Waals surface area contributed by atoms with Crippen LogP contribution in [0, 0.1) is 20.8 Å². The van der Waals surface area contributed by atoms with E-state index in [2.05, 4.69) is 25.1 Å². The van der Waals surface area contributed by atoms with Gasteiger partial charge in [-0.25, -0.2) is 9.97 Å². The smallest absolute Gasteiger partial charge is 0.208 e. The Hall–Kier alpha value is -1.69. The van der Waals surface area contributed by atoms with Gasteiger partial charge < -0.3 is 4.42 Å². The van der Waals surface area contributed by atoms with E-state index in [4.69, 9.17) is 4.42 Å². The van der Waals surface area contributed by atoms with Crippen molar-refractivity contribution >= 4 is 0 Å². The maximum atomic E-state index is 5.71. The highest BCUT2D eigenvalue weighted by Crippen LogP contribution is 2.30. The highest BCUT2D eigenvalue weighted by Gasteiger charge is 2.28. The van der Waals surface area contributed by atoms with Gasteiger partial charge in [0.2, 0.25) is 5.89 Å². The third kappa shape index (κ3) is 2.60. The Morgan fingerprint density at radius 1 is 1.25 bits per heavy atom. The first-order chi connectivity index (χ1) is 9.63. The van der Waals surface area contributed by atoms with Crippen LogP contribution in [0.1, 0.15) is 54.3 Å². The largest absolute Gasteiger partial charge is 0.444 e. The molecule has 2 aromatic rings. The first-order valence-electron chi connectivity index (χ1n) is 7.19. The summed E-state index contributed by atoms with van der Waals surface area (Å²) in [4.78, 5) is 11.3. The lowest BCUT2D eigenvalue weighted by Crippen LogP contribution is -2.33. The number of oxazole rings is 1. The highest BCUT2D eigenvalue weighted by atomic mass is 16.4. The Labute approximate surface area is 118 Å². The summed E-state index contributed by atoms with van der Waals surface area (Å²) < 4.78 is 5.71. The number of piperidine rings is 1. The number of hydrogen-bond acceptors (Lipinski definition) is 5. The minimum Gasteiger partial charge on any atom is -0.444 e. The molecule has 1 fully saturated rings. The van der Waals surface area contributed by atoms with Crippen molar-refractivity contribution in [3.05, 3.63) is 29.0 Å². The second-order valence-electron chi connectivity index (χ2n) is 5.51. The number of nitrogens with zero attached hydrogens (tertiary/aromatic N) is 4. The second kappa shape index (κ2) is 5.36. The quantitative estimate of drug-likeness (QED) is 0.931. The standard InChI is InChI=1S/C14H21N5O/c1-9-10(2)20-13(15-9)8-19-7-5-4-6-12(19)14-16-11(3)17-18-14/h12H,4-8H2,1-3H3,(H,16,17,18)/t12-/m1/s1. The Kier molecular flexibility index (Phi) is 3.56. The van der Waals surface area contributed by atoms with E-state index in [1.807, 2.05) is 20.8 Å². The van der Waals surface area contributed by atoms with Crippen LogP contribution >= 0.6 is 0 Å². The van der Waals surface area contributed by atoms with Crippen molar-refractivity contribution in [1.29, 1.82) is 0 Å². The van der Waals surface area contributed by atoms with Crippen LogP contribution < -0.4 is 0 Å². The molecule has 0 bridgehead atoms. The van der Waals surface area contributed by atoms with Gasteiger partial charge in [0.05, 0.1) is 18.3 Å². The Morgan fingerprint density at radius 2 is 2.10 bits per heavy atom. The fraction of sp³-hybridized carbons (Fsp3) is 0.643. The lowest BCUT2D eigenvalue weighted by Gasteiger charge is -2.32. The molecule has 1 aliphatic rings. The van der Waals surface area contributed by atoms with Crippen LogP contribution in [0.3, 0.4) is 0 Å². The maximum absolute atomic E-state index is 5.71. The summed E-state index contributed by atoms with van der Waals surface area (Å²) in [5.74, 6) is 3.46. The summed E-state index contributed by atoms with van der Waals surface area (Å²) in [5.41, 5.74) is 0.974. The molecule has 0 aromatic carbocycles. The minimum atomic E-state index is 0.265. The number of aromatic nitrogens is 4. The van der Waals surface area contributed by atoms with E-state index in [-0.39, 0.29) is 6.04 Å². The van der Waals surface area contributed by atoms with Crippen molar-refractivity contribution in [2.24, 2.45) is 0 Å². The van der Waals surface area contributed by atoms with Crippen LogP contribution in [0.15, 0.2) is 4.42 Å².